The molecule has 2 rings (SSSR count). The number of imidazole rings is 1. The highest BCUT2D eigenvalue weighted by Gasteiger charge is 2.16. The Kier molecular flexibility index (Phi) is 4.52. The van der Waals surface area contributed by atoms with Gasteiger partial charge in [0.1, 0.15) is 0 Å². The van der Waals surface area contributed by atoms with Crippen molar-refractivity contribution >= 4 is 11.3 Å². The molecule has 0 spiro atoms. The van der Waals surface area contributed by atoms with Gasteiger partial charge in [0, 0.05) is 23.7 Å². The number of rotatable bonds is 6. The van der Waals surface area contributed by atoms with Crippen LogP contribution in [0.4, 0.5) is 0 Å². The van der Waals surface area contributed by atoms with E-state index >= 15 is 0 Å². The van der Waals surface area contributed by atoms with Crippen molar-refractivity contribution in [3.8, 4) is 0 Å². The number of nitrogens with zero attached hydrogens (tertiary/aromatic N) is 2. The highest BCUT2D eigenvalue weighted by atomic mass is 32.1. The second-order valence-corrected chi connectivity index (χ2v) is 5.55. The Morgan fingerprint density at radius 2 is 2.33 bits per heavy atom. The Morgan fingerprint density at radius 3 is 2.94 bits per heavy atom. The molecule has 1 atom stereocenters. The monoisotopic (exact) mass is 265 g/mol. The number of hydrogen-bond acceptors (Lipinski definition) is 4. The van der Waals surface area contributed by atoms with Gasteiger partial charge < -0.3 is 15.0 Å². The van der Waals surface area contributed by atoms with Crippen LogP contribution in [0, 0.1) is 0 Å². The van der Waals surface area contributed by atoms with E-state index in [-0.39, 0.29) is 12.6 Å². The lowest BCUT2D eigenvalue weighted by atomic mass is 10.2. The maximum atomic E-state index is 9.53. The van der Waals surface area contributed by atoms with E-state index in [2.05, 4.69) is 40.2 Å². The van der Waals surface area contributed by atoms with Gasteiger partial charge >= 0.3 is 0 Å². The third kappa shape index (κ3) is 2.98. The van der Waals surface area contributed by atoms with Gasteiger partial charge in [-0.2, -0.15) is 0 Å². The summed E-state index contributed by atoms with van der Waals surface area (Å²) < 4.78 is 2.09. The molecular weight excluding hydrogens is 246 g/mol. The van der Waals surface area contributed by atoms with E-state index in [0.29, 0.717) is 6.04 Å². The molecule has 4 nitrogen and oxygen atoms in total. The Labute approximate surface area is 111 Å². The van der Waals surface area contributed by atoms with Crippen molar-refractivity contribution in [1.82, 2.24) is 14.9 Å². The third-order valence-electron chi connectivity index (χ3n) is 2.89. The topological polar surface area (TPSA) is 50.1 Å². The molecule has 0 bridgehead atoms. The average Bonchev–Trinajstić information content (AvgIpc) is 2.99. The number of aromatic nitrogens is 2. The van der Waals surface area contributed by atoms with Crippen LogP contribution in [0.25, 0.3) is 0 Å². The Hall–Kier alpha value is -1.17. The van der Waals surface area contributed by atoms with E-state index in [4.69, 9.17) is 0 Å². The molecule has 2 aromatic heterocycles. The highest BCUT2D eigenvalue weighted by Crippen LogP contribution is 2.18. The van der Waals surface area contributed by atoms with Gasteiger partial charge in [0.15, 0.2) is 0 Å². The summed E-state index contributed by atoms with van der Waals surface area (Å²) in [6.07, 6.45) is 3.64. The summed E-state index contributed by atoms with van der Waals surface area (Å²) in [6.45, 7) is 5.06. The van der Waals surface area contributed by atoms with Crippen molar-refractivity contribution in [3.05, 3.63) is 40.6 Å². The zero-order valence-electron chi connectivity index (χ0n) is 10.7. The first kappa shape index (κ1) is 13.3. The van der Waals surface area contributed by atoms with Crippen LogP contribution in [0.15, 0.2) is 30.0 Å². The number of aliphatic hydroxyl groups excluding tert-OH is 1. The minimum Gasteiger partial charge on any atom is -0.394 e. The molecule has 2 aromatic rings. The van der Waals surface area contributed by atoms with Crippen LogP contribution in [0.2, 0.25) is 0 Å². The zero-order chi connectivity index (χ0) is 13.0. The fourth-order valence-electron chi connectivity index (χ4n) is 1.92. The number of nitrogens with one attached hydrogen (secondary N) is 1. The minimum absolute atomic E-state index is 0.0722. The Bertz CT molecular complexity index is 464. The van der Waals surface area contributed by atoms with Crippen molar-refractivity contribution in [2.45, 2.75) is 32.5 Å². The van der Waals surface area contributed by atoms with Gasteiger partial charge in [-0.3, -0.25) is 0 Å². The van der Waals surface area contributed by atoms with Crippen molar-refractivity contribution < 1.29 is 5.11 Å². The largest absolute Gasteiger partial charge is 0.394 e. The lowest BCUT2D eigenvalue weighted by Crippen LogP contribution is -2.26. The summed E-state index contributed by atoms with van der Waals surface area (Å²) in [5.41, 5.74) is 1.03. The zero-order valence-corrected chi connectivity index (χ0v) is 11.5. The van der Waals surface area contributed by atoms with Gasteiger partial charge in [-0.15, -0.1) is 11.3 Å². The second-order valence-electron chi connectivity index (χ2n) is 4.51. The summed E-state index contributed by atoms with van der Waals surface area (Å²) in [4.78, 5) is 5.44. The SMILES string of the molecule is CC(C)n1cncc1C(CO)NCc1cccs1. The summed E-state index contributed by atoms with van der Waals surface area (Å²) in [5, 5.41) is 15.0. The number of hydrogen-bond donors (Lipinski definition) is 2. The normalized spacial score (nSPS) is 13.1. The van der Waals surface area contributed by atoms with Crippen LogP contribution in [0.3, 0.4) is 0 Å². The molecule has 0 aliphatic carbocycles. The maximum Gasteiger partial charge on any atom is 0.0951 e. The summed E-state index contributed by atoms with van der Waals surface area (Å²) in [5.74, 6) is 0. The van der Waals surface area contributed by atoms with E-state index in [9.17, 15) is 5.11 Å². The van der Waals surface area contributed by atoms with Crippen LogP contribution >= 0.6 is 11.3 Å². The summed E-state index contributed by atoms with van der Waals surface area (Å²) >= 11 is 1.72. The predicted molar refractivity (Wildman–Crippen MR) is 73.6 cm³/mol. The van der Waals surface area contributed by atoms with E-state index < -0.39 is 0 Å². The number of aliphatic hydroxyl groups is 1. The molecule has 98 valence electrons. The van der Waals surface area contributed by atoms with Gasteiger partial charge in [-0.25, -0.2) is 4.98 Å². The first-order valence-corrected chi connectivity index (χ1v) is 6.98. The summed E-state index contributed by atoms with van der Waals surface area (Å²) in [7, 11) is 0. The summed E-state index contributed by atoms with van der Waals surface area (Å²) in [6, 6.07) is 4.40. The molecule has 0 radical (unpaired) electrons. The minimum atomic E-state index is -0.0722. The van der Waals surface area contributed by atoms with Crippen LogP contribution in [0.1, 0.15) is 36.5 Å². The first-order valence-electron chi connectivity index (χ1n) is 6.10. The molecule has 0 saturated carbocycles. The van der Waals surface area contributed by atoms with Gasteiger partial charge in [-0.1, -0.05) is 6.07 Å². The average molecular weight is 265 g/mol. The highest BCUT2D eigenvalue weighted by molar-refractivity contribution is 7.09. The quantitative estimate of drug-likeness (QED) is 0.843. The lowest BCUT2D eigenvalue weighted by Gasteiger charge is -2.20. The molecule has 2 N–H and O–H groups in total. The Balaban J connectivity index is 2.06. The van der Waals surface area contributed by atoms with Gasteiger partial charge in [0.25, 0.3) is 0 Å². The predicted octanol–water partition coefficient (Wildman–Crippen LogP) is 2.35. The molecular formula is C13H19N3OS. The molecule has 0 fully saturated rings. The van der Waals surface area contributed by atoms with E-state index in [1.54, 1.807) is 11.3 Å². The van der Waals surface area contributed by atoms with E-state index in [1.807, 2.05) is 18.6 Å². The number of thiophene rings is 1. The standard InChI is InChI=1S/C13H19N3OS/c1-10(2)16-9-14-7-13(16)12(8-17)15-6-11-4-3-5-18-11/h3-5,7,9-10,12,15,17H,6,8H2,1-2H3. The fourth-order valence-corrected chi connectivity index (χ4v) is 2.57. The van der Waals surface area contributed by atoms with Crippen molar-refractivity contribution in [3.63, 3.8) is 0 Å². The van der Waals surface area contributed by atoms with Gasteiger partial charge in [-0.05, 0) is 25.3 Å². The van der Waals surface area contributed by atoms with E-state index in [0.717, 1.165) is 12.2 Å². The lowest BCUT2D eigenvalue weighted by molar-refractivity contribution is 0.237. The fraction of sp³-hybridized carbons (Fsp3) is 0.462. The molecule has 0 aliphatic heterocycles. The molecule has 0 amide bonds. The molecule has 2 heterocycles. The van der Waals surface area contributed by atoms with Gasteiger partial charge in [0.05, 0.1) is 24.7 Å². The van der Waals surface area contributed by atoms with Crippen molar-refractivity contribution in [1.29, 1.82) is 0 Å². The van der Waals surface area contributed by atoms with Crippen LogP contribution in [0.5, 0.6) is 0 Å². The maximum absolute atomic E-state index is 9.53. The van der Waals surface area contributed by atoms with Crippen LogP contribution in [-0.4, -0.2) is 21.3 Å². The third-order valence-corrected chi connectivity index (χ3v) is 3.77. The molecule has 1 unspecified atom stereocenters. The first-order chi connectivity index (χ1) is 8.72. The Morgan fingerprint density at radius 1 is 1.50 bits per heavy atom. The van der Waals surface area contributed by atoms with Crippen molar-refractivity contribution in [2.75, 3.05) is 6.61 Å². The molecule has 5 heteroatoms. The van der Waals surface area contributed by atoms with Crippen molar-refractivity contribution in [2.24, 2.45) is 0 Å². The molecule has 0 aromatic carbocycles. The van der Waals surface area contributed by atoms with Crippen LogP contribution < -0.4 is 5.32 Å². The second kappa shape index (κ2) is 6.13. The van der Waals surface area contributed by atoms with Gasteiger partial charge in [0.2, 0.25) is 0 Å². The molecule has 0 saturated heterocycles. The smallest absolute Gasteiger partial charge is 0.0951 e. The molecule has 18 heavy (non-hydrogen) atoms. The van der Waals surface area contributed by atoms with Crippen LogP contribution in [-0.2, 0) is 6.54 Å². The molecule has 0 aliphatic rings. The van der Waals surface area contributed by atoms with E-state index in [1.165, 1.54) is 4.88 Å².